The third-order valence-corrected chi connectivity index (χ3v) is 7.62. The first kappa shape index (κ1) is 21.0. The fourth-order valence-corrected chi connectivity index (χ4v) is 5.71. The average molecular weight is 459 g/mol. The Morgan fingerprint density at radius 3 is 1.86 bits per heavy atom. The quantitative estimate of drug-likeness (QED) is 0.328. The molecule has 29 heavy (non-hydrogen) atoms. The van der Waals surface area contributed by atoms with Crippen molar-refractivity contribution in [3.8, 4) is 5.75 Å². The van der Waals surface area contributed by atoms with Crippen LogP contribution in [0.25, 0.3) is 10.8 Å². The summed E-state index contributed by atoms with van der Waals surface area (Å²) in [6.45, 7) is 0. The molecule has 10 nitrogen and oxygen atoms in total. The molecule has 0 saturated heterocycles. The summed E-state index contributed by atoms with van der Waals surface area (Å²) < 4.78 is 91.3. The maximum absolute atomic E-state index is 13.1. The number of hydrogen-bond donors (Lipinski definition) is 4. The number of fused-ring (bicyclic) bond motifs is 1. The van der Waals surface area contributed by atoms with Crippen molar-refractivity contribution in [1.82, 2.24) is 0 Å². The van der Waals surface area contributed by atoms with E-state index in [0.717, 1.165) is 6.07 Å². The molecular formula is C16H13NO9S3. The van der Waals surface area contributed by atoms with Crippen LogP contribution in [0, 0.1) is 0 Å². The van der Waals surface area contributed by atoms with Crippen LogP contribution in [0.2, 0.25) is 0 Å². The highest BCUT2D eigenvalue weighted by Crippen LogP contribution is 2.42. The van der Waals surface area contributed by atoms with E-state index in [1.165, 1.54) is 30.3 Å². The van der Waals surface area contributed by atoms with Crippen molar-refractivity contribution in [2.24, 2.45) is 0 Å². The van der Waals surface area contributed by atoms with Gasteiger partial charge in [-0.1, -0.05) is 18.2 Å². The van der Waals surface area contributed by atoms with E-state index in [4.69, 9.17) is 5.73 Å². The molecule has 0 aliphatic carbocycles. The molecule has 3 aromatic rings. The summed E-state index contributed by atoms with van der Waals surface area (Å²) in [5.41, 5.74) is 4.89. The number of aromatic hydroxyl groups is 1. The maximum Gasteiger partial charge on any atom is 0.296 e. The summed E-state index contributed by atoms with van der Waals surface area (Å²) in [5.74, 6) is -0.891. The highest BCUT2D eigenvalue weighted by atomic mass is 32.2. The number of sulfone groups is 1. The number of nitrogen functional groups attached to an aromatic ring is 1. The molecule has 0 atom stereocenters. The Hall–Kier alpha value is -2.71. The normalized spacial score (nSPS) is 12.9. The van der Waals surface area contributed by atoms with Gasteiger partial charge in [0.25, 0.3) is 20.2 Å². The van der Waals surface area contributed by atoms with Crippen molar-refractivity contribution in [1.29, 1.82) is 0 Å². The van der Waals surface area contributed by atoms with Gasteiger partial charge in [0.1, 0.15) is 15.5 Å². The van der Waals surface area contributed by atoms with Crippen LogP contribution in [-0.2, 0) is 30.1 Å². The third-order valence-electron chi connectivity index (χ3n) is 4.04. The van der Waals surface area contributed by atoms with Crippen LogP contribution in [0.4, 0.5) is 5.69 Å². The molecule has 0 spiro atoms. The Morgan fingerprint density at radius 2 is 1.34 bits per heavy atom. The number of nitrogens with two attached hydrogens (primary N) is 1. The first-order valence-electron chi connectivity index (χ1n) is 7.59. The van der Waals surface area contributed by atoms with Gasteiger partial charge < -0.3 is 10.8 Å². The van der Waals surface area contributed by atoms with Crippen molar-refractivity contribution in [3.05, 3.63) is 48.5 Å². The van der Waals surface area contributed by atoms with E-state index in [2.05, 4.69) is 0 Å². The molecule has 5 N–H and O–H groups in total. The van der Waals surface area contributed by atoms with E-state index in [1.807, 2.05) is 0 Å². The molecular weight excluding hydrogens is 446 g/mol. The SMILES string of the molecule is Nc1c(S(=O)(=O)O)cc2cc(S(=O)(=O)O)cc(O)c2c1S(=O)(=O)c1ccccc1. The monoisotopic (exact) mass is 459 g/mol. The standard InChI is InChI=1S/C16H13NO9S3/c17-15-13(29(24,25)26)7-9-6-11(28(21,22)23)8-12(18)14(9)16(15)27(19,20)10-4-2-1-3-5-10/h1-8,18H,17H2,(H,21,22,23)(H,24,25,26). The molecule has 0 aliphatic heterocycles. The molecule has 0 bridgehead atoms. The third kappa shape index (κ3) is 3.65. The largest absolute Gasteiger partial charge is 0.507 e. The van der Waals surface area contributed by atoms with Crippen LogP contribution in [0.15, 0.2) is 68.1 Å². The van der Waals surface area contributed by atoms with E-state index in [9.17, 15) is 39.5 Å². The van der Waals surface area contributed by atoms with Gasteiger partial charge in [0.2, 0.25) is 9.84 Å². The Bertz CT molecular complexity index is 1460. The van der Waals surface area contributed by atoms with Crippen molar-refractivity contribution >= 4 is 46.5 Å². The molecule has 0 amide bonds. The minimum absolute atomic E-state index is 0.293. The smallest absolute Gasteiger partial charge is 0.296 e. The molecule has 0 aromatic heterocycles. The number of benzene rings is 3. The number of hydrogen-bond acceptors (Lipinski definition) is 8. The van der Waals surface area contributed by atoms with Gasteiger partial charge >= 0.3 is 0 Å². The van der Waals surface area contributed by atoms with Gasteiger partial charge in [-0.05, 0) is 29.7 Å². The Kier molecular flexibility index (Phi) is 4.83. The maximum atomic E-state index is 13.1. The second-order valence-corrected chi connectivity index (χ2v) is 10.6. The van der Waals surface area contributed by atoms with E-state index in [-0.39, 0.29) is 4.90 Å². The van der Waals surface area contributed by atoms with Crippen LogP contribution in [-0.4, -0.2) is 39.5 Å². The number of phenols is 1. The van der Waals surface area contributed by atoms with Gasteiger partial charge in [-0.25, -0.2) is 8.42 Å². The van der Waals surface area contributed by atoms with Crippen LogP contribution in [0.3, 0.4) is 0 Å². The molecule has 0 fully saturated rings. The minimum Gasteiger partial charge on any atom is -0.507 e. The number of anilines is 1. The number of rotatable bonds is 4. The Balaban J connectivity index is 2.60. The second kappa shape index (κ2) is 6.67. The van der Waals surface area contributed by atoms with Crippen molar-refractivity contribution in [2.45, 2.75) is 19.6 Å². The first-order chi connectivity index (χ1) is 13.2. The predicted molar refractivity (Wildman–Crippen MR) is 102 cm³/mol. The lowest BCUT2D eigenvalue weighted by molar-refractivity contribution is 0.470. The zero-order valence-corrected chi connectivity index (χ0v) is 16.7. The topological polar surface area (TPSA) is 189 Å². The lowest BCUT2D eigenvalue weighted by Gasteiger charge is -2.16. The molecule has 0 heterocycles. The van der Waals surface area contributed by atoms with E-state index in [1.54, 1.807) is 0 Å². The summed E-state index contributed by atoms with van der Waals surface area (Å²) in [6.07, 6.45) is 0. The lowest BCUT2D eigenvalue weighted by Crippen LogP contribution is -2.12. The van der Waals surface area contributed by atoms with Gasteiger partial charge in [-0.15, -0.1) is 0 Å². The molecule has 13 heteroatoms. The second-order valence-electron chi connectivity index (χ2n) is 5.92. The van der Waals surface area contributed by atoms with Crippen molar-refractivity contribution in [2.75, 3.05) is 5.73 Å². The average Bonchev–Trinajstić information content (AvgIpc) is 2.60. The first-order valence-corrected chi connectivity index (χ1v) is 11.9. The van der Waals surface area contributed by atoms with Crippen LogP contribution >= 0.6 is 0 Å². The molecule has 154 valence electrons. The molecule has 0 radical (unpaired) electrons. The van der Waals surface area contributed by atoms with Crippen LogP contribution < -0.4 is 5.73 Å². The van der Waals surface area contributed by atoms with Crippen LogP contribution in [0.1, 0.15) is 0 Å². The van der Waals surface area contributed by atoms with Gasteiger partial charge in [0.05, 0.1) is 15.5 Å². The van der Waals surface area contributed by atoms with E-state index in [0.29, 0.717) is 12.1 Å². The molecule has 0 unspecified atom stereocenters. The van der Waals surface area contributed by atoms with Crippen molar-refractivity contribution < 1.29 is 39.5 Å². The summed E-state index contributed by atoms with van der Waals surface area (Å²) in [7, 11) is -14.4. The molecule has 0 aliphatic rings. The van der Waals surface area contributed by atoms with Gasteiger partial charge in [0, 0.05) is 11.5 Å². The highest BCUT2D eigenvalue weighted by Gasteiger charge is 2.31. The van der Waals surface area contributed by atoms with Gasteiger partial charge in [-0.2, -0.15) is 16.8 Å². The Morgan fingerprint density at radius 1 is 0.759 bits per heavy atom. The summed E-state index contributed by atoms with van der Waals surface area (Å²) in [4.78, 5) is -2.96. The summed E-state index contributed by atoms with van der Waals surface area (Å²) in [6, 6.07) is 8.75. The van der Waals surface area contributed by atoms with Gasteiger partial charge in [0.15, 0.2) is 0 Å². The molecule has 0 saturated carbocycles. The summed E-state index contributed by atoms with van der Waals surface area (Å²) in [5, 5.41) is 9.43. The van der Waals surface area contributed by atoms with E-state index >= 15 is 0 Å². The highest BCUT2D eigenvalue weighted by molar-refractivity contribution is 7.92. The van der Waals surface area contributed by atoms with E-state index < -0.39 is 67.0 Å². The zero-order chi connectivity index (χ0) is 21.8. The fourth-order valence-electron chi connectivity index (χ4n) is 2.81. The molecule has 3 rings (SSSR count). The summed E-state index contributed by atoms with van der Waals surface area (Å²) >= 11 is 0. The fraction of sp³-hybridized carbons (Fsp3) is 0. The van der Waals surface area contributed by atoms with Crippen molar-refractivity contribution in [3.63, 3.8) is 0 Å². The Labute approximate surface area is 165 Å². The zero-order valence-electron chi connectivity index (χ0n) is 14.2. The predicted octanol–water partition coefficient (Wildman–Crippen LogP) is 1.45. The molecule has 3 aromatic carbocycles. The number of phenolic OH excluding ortho intramolecular Hbond substituents is 1. The van der Waals surface area contributed by atoms with Gasteiger partial charge in [-0.3, -0.25) is 9.11 Å². The minimum atomic E-state index is -5.03. The van der Waals surface area contributed by atoms with Crippen LogP contribution in [0.5, 0.6) is 5.75 Å². The lowest BCUT2D eigenvalue weighted by atomic mass is 10.1.